The number of thioether (sulfide) groups is 1. The Balaban J connectivity index is 2.24. The maximum atomic E-state index is 11.8. The number of amides is 1. The van der Waals surface area contributed by atoms with Crippen LogP contribution in [0.25, 0.3) is 0 Å². The summed E-state index contributed by atoms with van der Waals surface area (Å²) < 4.78 is 0. The minimum atomic E-state index is 0.144. The van der Waals surface area contributed by atoms with Crippen LogP contribution in [-0.2, 0) is 4.79 Å². The van der Waals surface area contributed by atoms with E-state index in [1.54, 1.807) is 11.8 Å². The second-order valence-electron chi connectivity index (χ2n) is 5.32. The third-order valence-electron chi connectivity index (χ3n) is 3.52. The Morgan fingerprint density at radius 2 is 1.95 bits per heavy atom. The average Bonchev–Trinajstić information content (AvgIpc) is 2.47. The van der Waals surface area contributed by atoms with E-state index in [1.807, 2.05) is 0 Å². The molecule has 1 aromatic carbocycles. The number of hydrogen-bond acceptors (Lipinski definition) is 2. The van der Waals surface area contributed by atoms with Gasteiger partial charge in [0, 0.05) is 11.4 Å². The van der Waals surface area contributed by atoms with Crippen LogP contribution < -0.4 is 5.32 Å². The van der Waals surface area contributed by atoms with Crippen LogP contribution in [0.15, 0.2) is 29.2 Å². The van der Waals surface area contributed by atoms with Crippen molar-refractivity contribution in [3.63, 3.8) is 0 Å². The predicted octanol–water partition coefficient (Wildman–Crippen LogP) is 4.42. The van der Waals surface area contributed by atoms with Crippen molar-refractivity contribution in [3.8, 4) is 0 Å². The smallest absolute Gasteiger partial charge is 0.230 e. The van der Waals surface area contributed by atoms with Gasteiger partial charge in [0.05, 0.1) is 5.75 Å². The minimum absolute atomic E-state index is 0.144. The van der Waals surface area contributed by atoms with Crippen LogP contribution in [0.1, 0.15) is 45.1 Å². The van der Waals surface area contributed by atoms with Crippen LogP contribution in [0.4, 0.5) is 0 Å². The van der Waals surface area contributed by atoms with Crippen LogP contribution >= 0.6 is 11.8 Å². The first-order valence-corrected chi connectivity index (χ1v) is 8.60. The first-order valence-electron chi connectivity index (χ1n) is 7.61. The number of rotatable bonds is 9. The Labute approximate surface area is 127 Å². The maximum Gasteiger partial charge on any atom is 0.230 e. The van der Waals surface area contributed by atoms with Gasteiger partial charge in [-0.1, -0.05) is 50.8 Å². The van der Waals surface area contributed by atoms with Crippen molar-refractivity contribution in [2.24, 2.45) is 5.92 Å². The van der Waals surface area contributed by atoms with Gasteiger partial charge in [0.15, 0.2) is 0 Å². The van der Waals surface area contributed by atoms with Gasteiger partial charge in [-0.15, -0.1) is 11.8 Å². The zero-order chi connectivity index (χ0) is 14.8. The first-order chi connectivity index (χ1) is 9.65. The number of carbonyl (C=O) groups excluding carboxylic acids is 1. The number of carbonyl (C=O) groups is 1. The molecule has 0 saturated carbocycles. The highest BCUT2D eigenvalue weighted by Gasteiger charge is 2.08. The molecule has 0 aliphatic carbocycles. The molecule has 20 heavy (non-hydrogen) atoms. The van der Waals surface area contributed by atoms with Gasteiger partial charge in [-0.3, -0.25) is 4.79 Å². The second-order valence-corrected chi connectivity index (χ2v) is 6.37. The van der Waals surface area contributed by atoms with Crippen molar-refractivity contribution in [3.05, 3.63) is 29.8 Å². The Bertz CT molecular complexity index is 388. The van der Waals surface area contributed by atoms with Gasteiger partial charge >= 0.3 is 0 Å². The van der Waals surface area contributed by atoms with Crippen molar-refractivity contribution in [1.29, 1.82) is 0 Å². The van der Waals surface area contributed by atoms with Crippen LogP contribution in [-0.4, -0.2) is 18.2 Å². The summed E-state index contributed by atoms with van der Waals surface area (Å²) >= 11 is 1.60. The van der Waals surface area contributed by atoms with Gasteiger partial charge in [0.2, 0.25) is 5.91 Å². The lowest BCUT2D eigenvalue weighted by Crippen LogP contribution is -2.30. The Morgan fingerprint density at radius 1 is 1.25 bits per heavy atom. The molecule has 0 fully saturated rings. The summed E-state index contributed by atoms with van der Waals surface area (Å²) in [5.74, 6) is 1.28. The van der Waals surface area contributed by atoms with Crippen molar-refractivity contribution >= 4 is 17.7 Å². The Morgan fingerprint density at radius 3 is 2.55 bits per heavy atom. The topological polar surface area (TPSA) is 29.1 Å². The SMILES string of the molecule is CCCCC(CC)CNC(=O)CSc1ccc(C)cc1. The monoisotopic (exact) mass is 293 g/mol. The average molecular weight is 293 g/mol. The molecule has 0 spiro atoms. The number of aryl methyl sites for hydroxylation is 1. The summed E-state index contributed by atoms with van der Waals surface area (Å²) in [7, 11) is 0. The van der Waals surface area contributed by atoms with E-state index in [9.17, 15) is 4.79 Å². The van der Waals surface area contributed by atoms with Crippen molar-refractivity contribution < 1.29 is 4.79 Å². The molecular weight excluding hydrogens is 266 g/mol. The molecule has 0 aliphatic heterocycles. The summed E-state index contributed by atoms with van der Waals surface area (Å²) in [5, 5.41) is 3.06. The molecule has 112 valence electrons. The summed E-state index contributed by atoms with van der Waals surface area (Å²) in [5.41, 5.74) is 1.25. The molecule has 0 radical (unpaired) electrons. The van der Waals surface area contributed by atoms with Gasteiger partial charge in [-0.25, -0.2) is 0 Å². The van der Waals surface area contributed by atoms with Gasteiger partial charge in [-0.05, 0) is 31.4 Å². The molecule has 0 aliphatic rings. The summed E-state index contributed by atoms with van der Waals surface area (Å²) in [6, 6.07) is 8.31. The van der Waals surface area contributed by atoms with Crippen molar-refractivity contribution in [1.82, 2.24) is 5.32 Å². The van der Waals surface area contributed by atoms with Crippen LogP contribution in [0.5, 0.6) is 0 Å². The fourth-order valence-corrected chi connectivity index (χ4v) is 2.76. The molecule has 1 N–H and O–H groups in total. The lowest BCUT2D eigenvalue weighted by Gasteiger charge is -2.15. The van der Waals surface area contributed by atoms with Crippen LogP contribution in [0.2, 0.25) is 0 Å². The van der Waals surface area contributed by atoms with E-state index < -0.39 is 0 Å². The highest BCUT2D eigenvalue weighted by molar-refractivity contribution is 8.00. The molecule has 1 amide bonds. The van der Waals surface area contributed by atoms with E-state index >= 15 is 0 Å². The molecule has 1 rings (SSSR count). The lowest BCUT2D eigenvalue weighted by molar-refractivity contribution is -0.118. The molecule has 0 bridgehead atoms. The summed E-state index contributed by atoms with van der Waals surface area (Å²) in [4.78, 5) is 13.0. The highest BCUT2D eigenvalue weighted by Crippen LogP contribution is 2.18. The third kappa shape index (κ3) is 6.99. The molecule has 0 heterocycles. The second kappa shape index (κ2) is 9.87. The van der Waals surface area contributed by atoms with E-state index in [1.165, 1.54) is 24.8 Å². The minimum Gasteiger partial charge on any atom is -0.355 e. The van der Waals surface area contributed by atoms with Gasteiger partial charge in [-0.2, -0.15) is 0 Å². The van der Waals surface area contributed by atoms with E-state index in [4.69, 9.17) is 0 Å². The largest absolute Gasteiger partial charge is 0.355 e. The molecule has 1 unspecified atom stereocenters. The van der Waals surface area contributed by atoms with Gasteiger partial charge < -0.3 is 5.32 Å². The summed E-state index contributed by atoms with van der Waals surface area (Å²) in [6.45, 7) is 7.31. The Hall–Kier alpha value is -0.960. The third-order valence-corrected chi connectivity index (χ3v) is 4.53. The maximum absolute atomic E-state index is 11.8. The number of nitrogens with one attached hydrogen (secondary N) is 1. The number of benzene rings is 1. The fraction of sp³-hybridized carbons (Fsp3) is 0.588. The highest BCUT2D eigenvalue weighted by atomic mass is 32.2. The van der Waals surface area contributed by atoms with E-state index in [0.717, 1.165) is 17.9 Å². The standard InChI is InChI=1S/C17H27NOS/c1-4-6-7-15(5-2)12-18-17(19)13-20-16-10-8-14(3)9-11-16/h8-11,15H,4-7,12-13H2,1-3H3,(H,18,19). The molecule has 1 atom stereocenters. The van der Waals surface area contributed by atoms with Crippen LogP contribution in [0.3, 0.4) is 0 Å². The zero-order valence-electron chi connectivity index (χ0n) is 12.9. The molecule has 3 heteroatoms. The van der Waals surface area contributed by atoms with E-state index in [-0.39, 0.29) is 5.91 Å². The van der Waals surface area contributed by atoms with E-state index in [0.29, 0.717) is 11.7 Å². The zero-order valence-corrected chi connectivity index (χ0v) is 13.8. The van der Waals surface area contributed by atoms with Gasteiger partial charge in [0.1, 0.15) is 0 Å². The fourth-order valence-electron chi connectivity index (χ4n) is 2.04. The number of unbranched alkanes of at least 4 members (excludes halogenated alkanes) is 1. The summed E-state index contributed by atoms with van der Waals surface area (Å²) in [6.07, 6.45) is 4.85. The van der Waals surface area contributed by atoms with Crippen molar-refractivity contribution in [2.75, 3.05) is 12.3 Å². The van der Waals surface area contributed by atoms with Crippen LogP contribution in [0, 0.1) is 12.8 Å². The molecular formula is C17H27NOS. The predicted molar refractivity (Wildman–Crippen MR) is 88.2 cm³/mol. The quantitative estimate of drug-likeness (QED) is 0.683. The van der Waals surface area contributed by atoms with Gasteiger partial charge in [0.25, 0.3) is 0 Å². The molecule has 0 aromatic heterocycles. The normalized spacial score (nSPS) is 12.2. The molecule has 0 saturated heterocycles. The Kier molecular flexibility index (Phi) is 8.43. The lowest BCUT2D eigenvalue weighted by atomic mass is 9.99. The van der Waals surface area contributed by atoms with E-state index in [2.05, 4.69) is 50.4 Å². The molecule has 1 aromatic rings. The van der Waals surface area contributed by atoms with Crippen molar-refractivity contribution in [2.45, 2.75) is 51.3 Å². The number of hydrogen-bond donors (Lipinski definition) is 1. The molecule has 2 nitrogen and oxygen atoms in total. The first kappa shape index (κ1) is 17.1.